The molecule has 0 saturated carbocycles. The van der Waals surface area contributed by atoms with E-state index in [0.29, 0.717) is 0 Å². The maximum atomic E-state index is 12.6. The normalized spacial score (nSPS) is 11.2. The molecule has 0 aliphatic rings. The molecule has 0 unspecified atom stereocenters. The van der Waals surface area contributed by atoms with Gasteiger partial charge in [-0.3, -0.25) is 9.48 Å². The lowest BCUT2D eigenvalue weighted by Gasteiger charge is -2.11. The van der Waals surface area contributed by atoms with Crippen LogP contribution in [0.15, 0.2) is 35.1 Å². The molecule has 1 heterocycles. The second-order valence-corrected chi connectivity index (χ2v) is 4.82. The molecule has 2 aromatic rings. The molecule has 1 aromatic carbocycles. The van der Waals surface area contributed by atoms with E-state index < -0.39 is 0 Å². The van der Waals surface area contributed by atoms with E-state index in [1.54, 1.807) is 4.68 Å². The Bertz CT molecular complexity index is 591. The van der Waals surface area contributed by atoms with Crippen LogP contribution in [0.1, 0.15) is 37.9 Å². The van der Waals surface area contributed by atoms with Gasteiger partial charge in [0.25, 0.3) is 5.56 Å². The van der Waals surface area contributed by atoms with Crippen molar-refractivity contribution in [2.24, 2.45) is 0 Å². The first-order valence-electron chi connectivity index (χ1n) is 6.45. The molecule has 0 saturated heterocycles. The van der Waals surface area contributed by atoms with E-state index in [-0.39, 0.29) is 11.5 Å². The van der Waals surface area contributed by atoms with Gasteiger partial charge in [0.05, 0.1) is 5.69 Å². The van der Waals surface area contributed by atoms with Crippen LogP contribution in [0, 0.1) is 6.92 Å². The first-order valence-corrected chi connectivity index (χ1v) is 6.45. The third kappa shape index (κ3) is 1.90. The summed E-state index contributed by atoms with van der Waals surface area (Å²) in [7, 11) is 0. The molecule has 96 valence electrons. The molecule has 0 radical (unpaired) electrons. The Labute approximate surface area is 108 Å². The standard InChI is InChI=1S/C15H20N2O/c1-5-16-12(4)14(11(2)3)15(18)17(16)13-9-7-6-8-10-13/h6-11H,5H2,1-4H3. The Morgan fingerprint density at radius 1 is 1.17 bits per heavy atom. The zero-order valence-corrected chi connectivity index (χ0v) is 11.5. The fraction of sp³-hybridized carbons (Fsp3) is 0.400. The van der Waals surface area contributed by atoms with Crippen molar-refractivity contribution in [3.05, 3.63) is 51.9 Å². The topological polar surface area (TPSA) is 26.9 Å². The maximum Gasteiger partial charge on any atom is 0.275 e. The Kier molecular flexibility index (Phi) is 3.41. The summed E-state index contributed by atoms with van der Waals surface area (Å²) in [6.07, 6.45) is 0. The second-order valence-electron chi connectivity index (χ2n) is 4.82. The molecule has 0 fully saturated rings. The van der Waals surface area contributed by atoms with Gasteiger partial charge in [-0.25, -0.2) is 4.68 Å². The summed E-state index contributed by atoms with van der Waals surface area (Å²) in [6.45, 7) is 9.02. The van der Waals surface area contributed by atoms with Crippen molar-refractivity contribution in [1.29, 1.82) is 0 Å². The molecule has 3 heteroatoms. The van der Waals surface area contributed by atoms with Gasteiger partial charge in [-0.2, -0.15) is 0 Å². The predicted molar refractivity (Wildman–Crippen MR) is 74.5 cm³/mol. The number of rotatable bonds is 3. The molecule has 0 atom stereocenters. The van der Waals surface area contributed by atoms with Gasteiger partial charge in [-0.1, -0.05) is 32.0 Å². The molecule has 0 amide bonds. The average Bonchev–Trinajstić information content (AvgIpc) is 2.61. The number of aromatic nitrogens is 2. The molecule has 3 nitrogen and oxygen atoms in total. The van der Waals surface area contributed by atoms with Gasteiger partial charge in [0.15, 0.2) is 0 Å². The van der Waals surface area contributed by atoms with Gasteiger partial charge in [0, 0.05) is 17.8 Å². The molecule has 0 N–H and O–H groups in total. The van der Waals surface area contributed by atoms with Crippen molar-refractivity contribution in [3.63, 3.8) is 0 Å². The smallest absolute Gasteiger partial charge is 0.275 e. The summed E-state index contributed by atoms with van der Waals surface area (Å²) in [5.41, 5.74) is 3.02. The van der Waals surface area contributed by atoms with Crippen LogP contribution in [0.4, 0.5) is 0 Å². The van der Waals surface area contributed by atoms with E-state index in [4.69, 9.17) is 0 Å². The molecule has 2 rings (SSSR count). The van der Waals surface area contributed by atoms with Crippen LogP contribution in [-0.4, -0.2) is 9.36 Å². The van der Waals surface area contributed by atoms with Crippen LogP contribution in [0.5, 0.6) is 0 Å². The number of para-hydroxylation sites is 1. The fourth-order valence-corrected chi connectivity index (χ4v) is 2.54. The molecule has 0 bridgehead atoms. The molecule has 0 spiro atoms. The monoisotopic (exact) mass is 244 g/mol. The highest BCUT2D eigenvalue weighted by Gasteiger charge is 2.18. The summed E-state index contributed by atoms with van der Waals surface area (Å²) < 4.78 is 3.83. The average molecular weight is 244 g/mol. The summed E-state index contributed by atoms with van der Waals surface area (Å²) in [4.78, 5) is 12.6. The minimum Gasteiger partial charge on any atom is -0.282 e. The predicted octanol–water partition coefficient (Wildman–Crippen LogP) is 3.09. The Hall–Kier alpha value is -1.77. The molecular formula is C15H20N2O. The van der Waals surface area contributed by atoms with Gasteiger partial charge in [0.1, 0.15) is 0 Å². The number of hydrogen-bond acceptors (Lipinski definition) is 1. The third-order valence-electron chi connectivity index (χ3n) is 3.32. The first-order chi connectivity index (χ1) is 8.57. The van der Waals surface area contributed by atoms with E-state index >= 15 is 0 Å². The third-order valence-corrected chi connectivity index (χ3v) is 3.32. The largest absolute Gasteiger partial charge is 0.282 e. The van der Waals surface area contributed by atoms with Crippen LogP contribution in [0.25, 0.3) is 5.69 Å². The second kappa shape index (κ2) is 4.84. The minimum absolute atomic E-state index is 0.107. The number of hydrogen-bond donors (Lipinski definition) is 0. The minimum atomic E-state index is 0.107. The lowest BCUT2D eigenvalue weighted by Crippen LogP contribution is -2.22. The van der Waals surface area contributed by atoms with Gasteiger partial charge < -0.3 is 0 Å². The lowest BCUT2D eigenvalue weighted by atomic mass is 10.0. The van der Waals surface area contributed by atoms with Gasteiger partial charge in [-0.15, -0.1) is 0 Å². The first kappa shape index (κ1) is 12.7. The Morgan fingerprint density at radius 2 is 1.78 bits per heavy atom. The summed E-state index contributed by atoms with van der Waals surface area (Å²) in [5, 5.41) is 0. The van der Waals surface area contributed by atoms with Crippen molar-refractivity contribution in [2.75, 3.05) is 0 Å². The molecule has 0 aliphatic carbocycles. The maximum absolute atomic E-state index is 12.6. The molecule has 18 heavy (non-hydrogen) atoms. The summed E-state index contributed by atoms with van der Waals surface area (Å²) in [5.74, 6) is 0.250. The fourth-order valence-electron chi connectivity index (χ4n) is 2.54. The van der Waals surface area contributed by atoms with Crippen LogP contribution >= 0.6 is 0 Å². The van der Waals surface area contributed by atoms with E-state index in [2.05, 4.69) is 20.8 Å². The number of benzene rings is 1. The zero-order chi connectivity index (χ0) is 13.3. The van der Waals surface area contributed by atoms with Gasteiger partial charge in [-0.05, 0) is 31.9 Å². The Balaban J connectivity index is 2.76. The van der Waals surface area contributed by atoms with Crippen molar-refractivity contribution in [3.8, 4) is 5.69 Å². The van der Waals surface area contributed by atoms with Crippen molar-refractivity contribution in [1.82, 2.24) is 9.36 Å². The lowest BCUT2D eigenvalue weighted by molar-refractivity contribution is 0.559. The number of nitrogens with zero attached hydrogens (tertiary/aromatic N) is 2. The van der Waals surface area contributed by atoms with E-state index in [1.807, 2.05) is 41.9 Å². The van der Waals surface area contributed by atoms with Crippen LogP contribution < -0.4 is 5.56 Å². The summed E-state index contributed by atoms with van der Waals surface area (Å²) >= 11 is 0. The van der Waals surface area contributed by atoms with Crippen LogP contribution in [-0.2, 0) is 6.54 Å². The van der Waals surface area contributed by atoms with E-state index in [9.17, 15) is 4.79 Å². The highest BCUT2D eigenvalue weighted by atomic mass is 16.1. The summed E-state index contributed by atoms with van der Waals surface area (Å²) in [6, 6.07) is 9.82. The van der Waals surface area contributed by atoms with E-state index in [1.165, 1.54) is 0 Å². The van der Waals surface area contributed by atoms with Crippen molar-refractivity contribution in [2.45, 2.75) is 40.2 Å². The van der Waals surface area contributed by atoms with Crippen LogP contribution in [0.3, 0.4) is 0 Å². The Morgan fingerprint density at radius 3 is 2.28 bits per heavy atom. The van der Waals surface area contributed by atoms with E-state index in [0.717, 1.165) is 23.5 Å². The zero-order valence-electron chi connectivity index (χ0n) is 11.5. The van der Waals surface area contributed by atoms with Gasteiger partial charge in [0.2, 0.25) is 0 Å². The van der Waals surface area contributed by atoms with Crippen molar-refractivity contribution >= 4 is 0 Å². The van der Waals surface area contributed by atoms with Crippen LogP contribution in [0.2, 0.25) is 0 Å². The van der Waals surface area contributed by atoms with Crippen molar-refractivity contribution < 1.29 is 0 Å². The quantitative estimate of drug-likeness (QED) is 0.815. The van der Waals surface area contributed by atoms with Gasteiger partial charge >= 0.3 is 0 Å². The molecule has 0 aliphatic heterocycles. The SMILES string of the molecule is CCn1c(C)c(C(C)C)c(=O)n1-c1ccccc1. The molecule has 1 aromatic heterocycles. The highest BCUT2D eigenvalue weighted by Crippen LogP contribution is 2.18. The molecular weight excluding hydrogens is 224 g/mol. The highest BCUT2D eigenvalue weighted by molar-refractivity contribution is 5.34.